The number of benzene rings is 2. The Morgan fingerprint density at radius 1 is 0.613 bits per heavy atom. The molecular weight excluding hydrogens is 781 g/mol. The second-order valence-electron chi connectivity index (χ2n) is 21.7. The van der Waals surface area contributed by atoms with Gasteiger partial charge in [-0.2, -0.15) is 0 Å². The predicted molar refractivity (Wildman–Crippen MR) is 236 cm³/mol. The summed E-state index contributed by atoms with van der Waals surface area (Å²) in [6.07, 6.45) is 9.89. The molecule has 0 spiro atoms. The minimum absolute atomic E-state index is 0.0157. The Morgan fingerprint density at radius 2 is 0.952 bits per heavy atom. The van der Waals surface area contributed by atoms with Gasteiger partial charge in [0.2, 0.25) is 11.8 Å². The molecule has 2 aromatic rings. The lowest BCUT2D eigenvalue weighted by Gasteiger charge is -2.64. The largest absolute Gasteiger partial charge is 0.442 e. The zero-order chi connectivity index (χ0) is 43.6. The Labute approximate surface area is 368 Å². The van der Waals surface area contributed by atoms with Crippen LogP contribution in [0.3, 0.4) is 0 Å². The number of carbonyl (C=O) groups excluding carboxylic acids is 4. The van der Waals surface area contributed by atoms with Crippen LogP contribution in [-0.2, 0) is 29.9 Å². The van der Waals surface area contributed by atoms with Gasteiger partial charge in [-0.3, -0.25) is 9.59 Å². The van der Waals surface area contributed by atoms with Crippen LogP contribution >= 0.6 is 0 Å². The van der Waals surface area contributed by atoms with Crippen LogP contribution in [0.2, 0.25) is 0 Å². The lowest BCUT2D eigenvalue weighted by Crippen LogP contribution is -2.61. The summed E-state index contributed by atoms with van der Waals surface area (Å²) in [4.78, 5) is 53.9. The van der Waals surface area contributed by atoms with Gasteiger partial charge < -0.3 is 35.0 Å². The highest BCUT2D eigenvalue weighted by Crippen LogP contribution is 2.67. The number of hydrogen-bond donors (Lipinski definition) is 3. The summed E-state index contributed by atoms with van der Waals surface area (Å²) < 4.78 is 10.7. The average Bonchev–Trinajstić information content (AvgIpc) is 3.21. The van der Waals surface area contributed by atoms with Crippen LogP contribution in [0, 0.1) is 59.2 Å². The minimum Gasteiger partial charge on any atom is -0.442 e. The number of hydrogen-bond acceptors (Lipinski definition) is 7. The van der Waals surface area contributed by atoms with E-state index in [-0.39, 0.29) is 41.4 Å². The third-order valence-electron chi connectivity index (χ3n) is 17.9. The third kappa shape index (κ3) is 7.91. The molecule has 12 rings (SSSR count). The standard InChI is InChI=1S/C27H38N2O4.C24H32N2O3/c1-17-18-9-21-11-19(17)12-22(10-18)27(21,20-7-5-4-6-8-20)13-24(30)29-14-23(15-29)33-25(31)28-16-26(2,3)32;1-15-16-8-19-10-17(15)11-20(9-16)24(19,18-6-4-3-5-7-18)12-22(27)26-13-21(14-26)29-23(28)25-2/h4-8,17-19,21-23,32H,9-16H2,1-3H3,(H,28,31);3-7,15-17,19-21H,8-14H2,1-2H3,(H,25,28). The normalized spacial score (nSPS) is 36.5. The van der Waals surface area contributed by atoms with E-state index in [1.165, 1.54) is 62.5 Å². The quantitative estimate of drug-likeness (QED) is 0.228. The lowest BCUT2D eigenvalue weighted by atomic mass is 9.41. The Bertz CT molecular complexity index is 1890. The average molecular weight is 851 g/mol. The maximum absolute atomic E-state index is 13.5. The van der Waals surface area contributed by atoms with Crippen molar-refractivity contribution in [1.29, 1.82) is 0 Å². The van der Waals surface area contributed by atoms with Crippen LogP contribution in [-0.4, -0.2) is 96.5 Å². The Kier molecular flexibility index (Phi) is 11.7. The highest BCUT2D eigenvalue weighted by molar-refractivity contribution is 5.80. The number of nitrogens with zero attached hydrogens (tertiary/aromatic N) is 2. The second kappa shape index (κ2) is 16.8. The number of aliphatic hydroxyl groups is 1. The fourth-order valence-electron chi connectivity index (χ4n) is 14.6. The van der Waals surface area contributed by atoms with Crippen LogP contribution in [0.5, 0.6) is 0 Å². The first-order valence-corrected chi connectivity index (χ1v) is 23.9. The molecule has 0 unspecified atom stereocenters. The van der Waals surface area contributed by atoms with Gasteiger partial charge in [0.1, 0.15) is 12.2 Å². The molecule has 3 N–H and O–H groups in total. The molecule has 10 fully saturated rings. The molecule has 4 amide bonds. The van der Waals surface area contributed by atoms with Crippen LogP contribution in [0.4, 0.5) is 9.59 Å². The van der Waals surface area contributed by atoms with E-state index in [0.29, 0.717) is 62.7 Å². The molecule has 0 radical (unpaired) electrons. The summed E-state index contributed by atoms with van der Waals surface area (Å²) in [6.45, 7) is 10.2. The number of carbonyl (C=O) groups is 4. The molecular formula is C51H70N4O7. The van der Waals surface area contributed by atoms with Crippen molar-refractivity contribution in [2.75, 3.05) is 39.8 Å². The Hall–Kier alpha value is -4.12. The predicted octanol–water partition coefficient (Wildman–Crippen LogP) is 7.31. The number of alkyl carbamates (subject to hydrolysis) is 2. The fraction of sp³-hybridized carbons (Fsp3) is 0.686. The van der Waals surface area contributed by atoms with Gasteiger partial charge >= 0.3 is 12.2 Å². The van der Waals surface area contributed by atoms with Crippen molar-refractivity contribution in [1.82, 2.24) is 20.4 Å². The van der Waals surface area contributed by atoms with Gasteiger partial charge in [0.05, 0.1) is 31.8 Å². The van der Waals surface area contributed by atoms with Gasteiger partial charge in [-0.1, -0.05) is 74.5 Å². The zero-order valence-electron chi connectivity index (χ0n) is 37.6. The molecule has 62 heavy (non-hydrogen) atoms. The summed E-state index contributed by atoms with van der Waals surface area (Å²) in [7, 11) is 1.56. The van der Waals surface area contributed by atoms with Crippen LogP contribution < -0.4 is 10.6 Å². The first kappa shape index (κ1) is 43.1. The topological polar surface area (TPSA) is 138 Å². The first-order chi connectivity index (χ1) is 29.7. The van der Waals surface area contributed by atoms with Crippen LogP contribution in [0.1, 0.15) is 103 Å². The molecule has 0 aromatic heterocycles. The van der Waals surface area contributed by atoms with Crippen molar-refractivity contribution in [3.05, 3.63) is 71.8 Å². The highest BCUT2D eigenvalue weighted by atomic mass is 16.6. The van der Waals surface area contributed by atoms with E-state index in [4.69, 9.17) is 9.47 Å². The molecule has 2 aromatic carbocycles. The Balaban J connectivity index is 0.000000159. The molecule has 8 saturated carbocycles. The van der Waals surface area contributed by atoms with Crippen molar-refractivity contribution < 1.29 is 33.8 Å². The first-order valence-electron chi connectivity index (χ1n) is 23.9. The smallest absolute Gasteiger partial charge is 0.407 e. The van der Waals surface area contributed by atoms with Crippen molar-refractivity contribution in [2.24, 2.45) is 59.2 Å². The summed E-state index contributed by atoms with van der Waals surface area (Å²) in [5.41, 5.74) is 1.66. The van der Waals surface area contributed by atoms with Crippen LogP contribution in [0.15, 0.2) is 60.7 Å². The van der Waals surface area contributed by atoms with Gasteiger partial charge in [0.25, 0.3) is 0 Å². The highest BCUT2D eigenvalue weighted by Gasteiger charge is 2.62. The Morgan fingerprint density at radius 3 is 1.27 bits per heavy atom. The van der Waals surface area contributed by atoms with E-state index in [0.717, 1.165) is 35.5 Å². The maximum atomic E-state index is 13.5. The van der Waals surface area contributed by atoms with Gasteiger partial charge in [-0.05, 0) is 136 Å². The molecule has 336 valence electrons. The zero-order valence-corrected chi connectivity index (χ0v) is 37.6. The fourth-order valence-corrected chi connectivity index (χ4v) is 14.6. The van der Waals surface area contributed by atoms with Crippen molar-refractivity contribution in [3.8, 4) is 0 Å². The number of likely N-dealkylation sites (tertiary alicyclic amines) is 2. The molecule has 8 aliphatic carbocycles. The van der Waals surface area contributed by atoms with E-state index < -0.39 is 17.8 Å². The third-order valence-corrected chi connectivity index (χ3v) is 17.9. The van der Waals surface area contributed by atoms with E-state index in [1.54, 1.807) is 20.9 Å². The molecule has 0 atom stereocenters. The molecule has 10 aliphatic rings. The maximum Gasteiger partial charge on any atom is 0.407 e. The molecule has 2 saturated heterocycles. The van der Waals surface area contributed by atoms with E-state index in [1.807, 2.05) is 9.80 Å². The van der Waals surface area contributed by atoms with Gasteiger partial charge in [0.15, 0.2) is 0 Å². The monoisotopic (exact) mass is 851 g/mol. The summed E-state index contributed by atoms with van der Waals surface area (Å²) in [5, 5.41) is 14.8. The van der Waals surface area contributed by atoms with Crippen molar-refractivity contribution >= 4 is 24.0 Å². The molecule has 2 aliphatic heterocycles. The van der Waals surface area contributed by atoms with Crippen molar-refractivity contribution in [3.63, 3.8) is 0 Å². The van der Waals surface area contributed by atoms with Crippen LogP contribution in [0.25, 0.3) is 0 Å². The second-order valence-corrected chi connectivity index (χ2v) is 21.7. The molecule has 2 heterocycles. The van der Waals surface area contributed by atoms with E-state index >= 15 is 0 Å². The van der Waals surface area contributed by atoms with Gasteiger partial charge in [-0.25, -0.2) is 9.59 Å². The summed E-state index contributed by atoms with van der Waals surface area (Å²) in [6, 6.07) is 21.6. The van der Waals surface area contributed by atoms with E-state index in [9.17, 15) is 24.3 Å². The molecule has 11 nitrogen and oxygen atoms in total. The van der Waals surface area contributed by atoms with E-state index in [2.05, 4.69) is 85.1 Å². The van der Waals surface area contributed by atoms with Crippen molar-refractivity contribution in [2.45, 2.75) is 121 Å². The SMILES string of the molecule is CC1C2CC3CC1CC(C2)C3(CC(=O)N1CC(OC(=O)NCC(C)(C)O)C1)c1ccccc1.CNC(=O)OC1CN(C(=O)CC2(c3ccccc3)C3CC4CC2CC(C3)C4C)C1. The van der Waals surface area contributed by atoms with Gasteiger partial charge in [0, 0.05) is 37.3 Å². The number of amides is 4. The lowest BCUT2D eigenvalue weighted by molar-refractivity contribution is -0.151. The molecule has 11 heteroatoms. The molecule has 8 bridgehead atoms. The minimum atomic E-state index is -0.983. The summed E-state index contributed by atoms with van der Waals surface area (Å²) >= 11 is 0. The van der Waals surface area contributed by atoms with Gasteiger partial charge in [-0.15, -0.1) is 0 Å². The number of rotatable bonds is 10. The summed E-state index contributed by atoms with van der Waals surface area (Å²) in [5.74, 6) is 7.85. The number of nitrogens with one attached hydrogen (secondary N) is 2. The number of ether oxygens (including phenoxy) is 2.